The van der Waals surface area contributed by atoms with Crippen molar-refractivity contribution in [1.82, 2.24) is 10.2 Å². The van der Waals surface area contributed by atoms with Crippen molar-refractivity contribution in [2.75, 3.05) is 13.2 Å². The first-order valence-electron chi connectivity index (χ1n) is 10.1. The standard InChI is InChI=1S/C23H28N2O4/c26-16-20(15-18-9-3-1-4-10-18)24-23(28)25-14-8-7-13-21(25)22(27)29-17-19-11-5-2-6-12-19/h1-6,9-12,20-21,26H,7-8,13-17H2,(H,24,28)/t20-,21+/m1/s1. The molecule has 2 N–H and O–H groups in total. The van der Waals surface area contributed by atoms with Gasteiger partial charge in [0.1, 0.15) is 12.6 Å². The third-order valence-corrected chi connectivity index (χ3v) is 5.13. The monoisotopic (exact) mass is 396 g/mol. The van der Waals surface area contributed by atoms with Crippen molar-refractivity contribution in [2.45, 2.75) is 44.4 Å². The van der Waals surface area contributed by atoms with Crippen LogP contribution in [0.4, 0.5) is 4.79 Å². The molecule has 0 unspecified atom stereocenters. The normalized spacial score (nSPS) is 17.4. The molecule has 0 radical (unpaired) electrons. The number of nitrogens with zero attached hydrogens (tertiary/aromatic N) is 1. The van der Waals surface area contributed by atoms with E-state index in [2.05, 4.69) is 5.32 Å². The molecule has 154 valence electrons. The molecule has 2 aromatic rings. The van der Waals surface area contributed by atoms with Crippen LogP contribution in [0, 0.1) is 0 Å². The SMILES string of the molecule is O=C(OCc1ccccc1)[C@@H]1CCCCN1C(=O)N[C@@H](CO)Cc1ccccc1. The topological polar surface area (TPSA) is 78.9 Å². The molecule has 1 aliphatic heterocycles. The molecule has 0 spiro atoms. The molecule has 29 heavy (non-hydrogen) atoms. The minimum atomic E-state index is -0.594. The van der Waals surface area contributed by atoms with Crippen LogP contribution in [0.2, 0.25) is 0 Å². The fraction of sp³-hybridized carbons (Fsp3) is 0.391. The number of esters is 1. The smallest absolute Gasteiger partial charge is 0.329 e. The number of hydrogen-bond donors (Lipinski definition) is 2. The van der Waals surface area contributed by atoms with Gasteiger partial charge in [-0.1, -0.05) is 60.7 Å². The second kappa shape index (κ2) is 10.6. The van der Waals surface area contributed by atoms with Crippen molar-refractivity contribution in [3.05, 3.63) is 71.8 Å². The van der Waals surface area contributed by atoms with E-state index in [1.165, 1.54) is 0 Å². The van der Waals surface area contributed by atoms with Gasteiger partial charge in [0.25, 0.3) is 0 Å². The maximum absolute atomic E-state index is 12.8. The van der Waals surface area contributed by atoms with E-state index in [0.29, 0.717) is 19.4 Å². The Morgan fingerprint density at radius 2 is 1.69 bits per heavy atom. The maximum atomic E-state index is 12.8. The zero-order valence-electron chi connectivity index (χ0n) is 16.5. The van der Waals surface area contributed by atoms with Crippen LogP contribution in [0.3, 0.4) is 0 Å². The van der Waals surface area contributed by atoms with Crippen LogP contribution in [0.15, 0.2) is 60.7 Å². The number of benzene rings is 2. The molecular formula is C23H28N2O4. The Hall–Kier alpha value is -2.86. The van der Waals surface area contributed by atoms with E-state index in [4.69, 9.17) is 4.74 Å². The average Bonchev–Trinajstić information content (AvgIpc) is 2.78. The second-order valence-corrected chi connectivity index (χ2v) is 7.32. The van der Waals surface area contributed by atoms with Crippen molar-refractivity contribution in [3.8, 4) is 0 Å². The van der Waals surface area contributed by atoms with Gasteiger partial charge in [-0.2, -0.15) is 0 Å². The van der Waals surface area contributed by atoms with E-state index in [1.807, 2.05) is 60.7 Å². The number of amides is 2. The van der Waals surface area contributed by atoms with Gasteiger partial charge in [-0.05, 0) is 36.8 Å². The Labute approximate surface area is 171 Å². The Kier molecular flexibility index (Phi) is 7.64. The van der Waals surface area contributed by atoms with Crippen LogP contribution < -0.4 is 5.32 Å². The zero-order valence-corrected chi connectivity index (χ0v) is 16.5. The highest BCUT2D eigenvalue weighted by molar-refractivity contribution is 5.84. The van der Waals surface area contributed by atoms with Gasteiger partial charge >= 0.3 is 12.0 Å². The number of aliphatic hydroxyl groups is 1. The van der Waals surface area contributed by atoms with Crippen LogP contribution in [0.5, 0.6) is 0 Å². The molecule has 0 aliphatic carbocycles. The molecule has 6 nitrogen and oxygen atoms in total. The molecule has 0 aromatic heterocycles. The fourth-order valence-electron chi connectivity index (χ4n) is 3.56. The Morgan fingerprint density at radius 1 is 1.03 bits per heavy atom. The zero-order chi connectivity index (χ0) is 20.5. The van der Waals surface area contributed by atoms with Crippen LogP contribution >= 0.6 is 0 Å². The molecule has 6 heteroatoms. The number of aliphatic hydroxyl groups excluding tert-OH is 1. The summed E-state index contributed by atoms with van der Waals surface area (Å²) < 4.78 is 5.46. The Bertz CT molecular complexity index is 782. The highest BCUT2D eigenvalue weighted by Gasteiger charge is 2.34. The molecule has 1 saturated heterocycles. The molecule has 2 aromatic carbocycles. The van der Waals surface area contributed by atoms with Crippen molar-refractivity contribution < 1.29 is 19.4 Å². The summed E-state index contributed by atoms with van der Waals surface area (Å²) in [6, 6.07) is 17.8. The number of nitrogens with one attached hydrogen (secondary N) is 1. The third-order valence-electron chi connectivity index (χ3n) is 5.13. The fourth-order valence-corrected chi connectivity index (χ4v) is 3.56. The van der Waals surface area contributed by atoms with Gasteiger partial charge in [0.05, 0.1) is 12.6 Å². The lowest BCUT2D eigenvalue weighted by atomic mass is 10.0. The van der Waals surface area contributed by atoms with Gasteiger partial charge < -0.3 is 20.1 Å². The molecule has 2 amide bonds. The van der Waals surface area contributed by atoms with E-state index in [1.54, 1.807) is 4.90 Å². The molecule has 3 rings (SSSR count). The number of urea groups is 1. The first-order valence-corrected chi connectivity index (χ1v) is 10.1. The predicted molar refractivity (Wildman–Crippen MR) is 110 cm³/mol. The largest absolute Gasteiger partial charge is 0.459 e. The van der Waals surface area contributed by atoms with E-state index < -0.39 is 12.1 Å². The van der Waals surface area contributed by atoms with Crippen molar-refractivity contribution in [3.63, 3.8) is 0 Å². The number of carbonyl (C=O) groups is 2. The average molecular weight is 396 g/mol. The van der Waals surface area contributed by atoms with Gasteiger partial charge in [0, 0.05) is 6.54 Å². The second-order valence-electron chi connectivity index (χ2n) is 7.32. The molecular weight excluding hydrogens is 368 g/mol. The number of piperidine rings is 1. The van der Waals surface area contributed by atoms with Crippen molar-refractivity contribution in [1.29, 1.82) is 0 Å². The van der Waals surface area contributed by atoms with Crippen LogP contribution in [-0.2, 0) is 22.6 Å². The molecule has 1 aliphatic rings. The van der Waals surface area contributed by atoms with Crippen LogP contribution in [0.25, 0.3) is 0 Å². The van der Waals surface area contributed by atoms with Gasteiger partial charge in [-0.3, -0.25) is 0 Å². The van der Waals surface area contributed by atoms with E-state index in [9.17, 15) is 14.7 Å². The number of carbonyl (C=O) groups excluding carboxylic acids is 2. The minimum absolute atomic E-state index is 0.169. The first-order chi connectivity index (χ1) is 14.2. The quantitative estimate of drug-likeness (QED) is 0.706. The molecule has 2 atom stereocenters. The van der Waals surface area contributed by atoms with E-state index >= 15 is 0 Å². The lowest BCUT2D eigenvalue weighted by Crippen LogP contribution is -2.55. The van der Waals surface area contributed by atoms with E-state index in [-0.39, 0.29) is 25.2 Å². The lowest BCUT2D eigenvalue weighted by molar-refractivity contribution is -0.151. The predicted octanol–water partition coefficient (Wildman–Crippen LogP) is 2.90. The molecule has 0 saturated carbocycles. The van der Waals surface area contributed by atoms with Gasteiger partial charge in [-0.15, -0.1) is 0 Å². The number of likely N-dealkylation sites (tertiary alicyclic amines) is 1. The molecule has 0 bridgehead atoms. The molecule has 1 fully saturated rings. The molecule has 1 heterocycles. The summed E-state index contributed by atoms with van der Waals surface area (Å²) in [5.41, 5.74) is 1.94. The van der Waals surface area contributed by atoms with Gasteiger partial charge in [0.2, 0.25) is 0 Å². The highest BCUT2D eigenvalue weighted by atomic mass is 16.5. The van der Waals surface area contributed by atoms with Crippen LogP contribution in [-0.4, -0.2) is 47.2 Å². The van der Waals surface area contributed by atoms with Crippen molar-refractivity contribution in [2.24, 2.45) is 0 Å². The third kappa shape index (κ3) is 6.06. The maximum Gasteiger partial charge on any atom is 0.329 e. The van der Waals surface area contributed by atoms with Gasteiger partial charge in [0.15, 0.2) is 0 Å². The summed E-state index contributed by atoms with van der Waals surface area (Å²) >= 11 is 0. The number of rotatable bonds is 7. The Morgan fingerprint density at radius 3 is 2.34 bits per heavy atom. The van der Waals surface area contributed by atoms with Gasteiger partial charge in [-0.25, -0.2) is 9.59 Å². The summed E-state index contributed by atoms with van der Waals surface area (Å²) in [7, 11) is 0. The summed E-state index contributed by atoms with van der Waals surface area (Å²) in [6.07, 6.45) is 2.84. The lowest BCUT2D eigenvalue weighted by Gasteiger charge is -2.35. The summed E-state index contributed by atoms with van der Waals surface area (Å²) in [5.74, 6) is -0.382. The Balaban J connectivity index is 1.58. The van der Waals surface area contributed by atoms with Crippen molar-refractivity contribution >= 4 is 12.0 Å². The number of ether oxygens (including phenoxy) is 1. The van der Waals surface area contributed by atoms with Crippen LogP contribution in [0.1, 0.15) is 30.4 Å². The summed E-state index contributed by atoms with van der Waals surface area (Å²) in [4.78, 5) is 27.0. The summed E-state index contributed by atoms with van der Waals surface area (Å²) in [6.45, 7) is 0.525. The summed E-state index contributed by atoms with van der Waals surface area (Å²) in [5, 5.41) is 12.6. The minimum Gasteiger partial charge on any atom is -0.459 e. The first kappa shape index (κ1) is 20.9. The highest BCUT2D eigenvalue weighted by Crippen LogP contribution is 2.19. The van der Waals surface area contributed by atoms with E-state index in [0.717, 1.165) is 24.0 Å². The number of hydrogen-bond acceptors (Lipinski definition) is 4.